The average molecular weight is 328 g/mol. The first kappa shape index (κ1) is 17.3. The Morgan fingerprint density at radius 3 is 2.29 bits per heavy atom. The lowest BCUT2D eigenvalue weighted by Crippen LogP contribution is -2.25. The highest BCUT2D eigenvalue weighted by Gasteiger charge is 2.06. The number of methoxy groups -OCH3 is 2. The molecule has 126 valence electrons. The van der Waals surface area contributed by atoms with Gasteiger partial charge in [-0.25, -0.2) is 5.43 Å². The number of carbonyl (C=O) groups is 1. The number of hydrazone groups is 1. The van der Waals surface area contributed by atoms with Crippen LogP contribution >= 0.6 is 0 Å². The molecule has 1 N–H and O–H groups in total. The Hall–Kier alpha value is -3.02. The highest BCUT2D eigenvalue weighted by Crippen LogP contribution is 2.25. The van der Waals surface area contributed by atoms with Crippen molar-refractivity contribution in [2.24, 2.45) is 5.10 Å². The molecule has 2 rings (SSSR count). The van der Waals surface area contributed by atoms with E-state index in [9.17, 15) is 4.79 Å². The Morgan fingerprint density at radius 1 is 1.00 bits per heavy atom. The molecule has 0 aromatic heterocycles. The quantitative estimate of drug-likeness (QED) is 0.626. The first-order valence-corrected chi connectivity index (χ1v) is 7.37. The number of hydrogen-bond acceptors (Lipinski definition) is 5. The Balaban J connectivity index is 1.89. The summed E-state index contributed by atoms with van der Waals surface area (Å²) in [7, 11) is 3.16. The summed E-state index contributed by atoms with van der Waals surface area (Å²) < 4.78 is 15.7. The second-order valence-corrected chi connectivity index (χ2v) is 4.90. The molecule has 0 aliphatic heterocycles. The van der Waals surface area contributed by atoms with Crippen LogP contribution in [0.4, 0.5) is 0 Å². The van der Waals surface area contributed by atoms with Gasteiger partial charge in [0.25, 0.3) is 5.91 Å². The van der Waals surface area contributed by atoms with Gasteiger partial charge in [0.2, 0.25) is 0 Å². The van der Waals surface area contributed by atoms with Gasteiger partial charge >= 0.3 is 0 Å². The highest BCUT2D eigenvalue weighted by atomic mass is 16.5. The van der Waals surface area contributed by atoms with Crippen LogP contribution in [0.25, 0.3) is 0 Å². The smallest absolute Gasteiger partial charge is 0.277 e. The Labute approximate surface area is 141 Å². The van der Waals surface area contributed by atoms with Crippen molar-refractivity contribution in [1.82, 2.24) is 5.43 Å². The molecule has 1 amide bonds. The minimum absolute atomic E-state index is 0.153. The second-order valence-electron chi connectivity index (χ2n) is 4.90. The first-order valence-electron chi connectivity index (χ1n) is 7.37. The van der Waals surface area contributed by atoms with E-state index in [4.69, 9.17) is 14.2 Å². The molecule has 24 heavy (non-hydrogen) atoms. The van der Waals surface area contributed by atoms with Crippen molar-refractivity contribution in [3.8, 4) is 17.2 Å². The van der Waals surface area contributed by atoms with E-state index >= 15 is 0 Å². The van der Waals surface area contributed by atoms with E-state index in [0.29, 0.717) is 17.2 Å². The summed E-state index contributed by atoms with van der Waals surface area (Å²) in [6.45, 7) is 1.66. The maximum Gasteiger partial charge on any atom is 0.277 e. The lowest BCUT2D eigenvalue weighted by atomic mass is 10.1. The number of hydrogen-bond donors (Lipinski definition) is 1. The molecule has 0 bridgehead atoms. The van der Waals surface area contributed by atoms with Crippen LogP contribution in [0.2, 0.25) is 0 Å². The summed E-state index contributed by atoms with van der Waals surface area (Å²) in [5.74, 6) is 1.49. The molecule has 0 aliphatic rings. The molecule has 0 heterocycles. The van der Waals surface area contributed by atoms with E-state index in [1.165, 1.54) is 0 Å². The number of ether oxygens (including phenoxy) is 3. The van der Waals surface area contributed by atoms with Gasteiger partial charge in [-0.1, -0.05) is 12.1 Å². The first-order chi connectivity index (χ1) is 11.6. The van der Waals surface area contributed by atoms with Crippen molar-refractivity contribution in [2.45, 2.75) is 6.92 Å². The summed E-state index contributed by atoms with van der Waals surface area (Å²) in [5.41, 5.74) is 4.04. The summed E-state index contributed by atoms with van der Waals surface area (Å²) in [6.07, 6.45) is 0. The molecule has 0 saturated heterocycles. The van der Waals surface area contributed by atoms with Gasteiger partial charge in [0.15, 0.2) is 18.1 Å². The van der Waals surface area contributed by atoms with Crippen LogP contribution < -0.4 is 19.6 Å². The van der Waals surface area contributed by atoms with Gasteiger partial charge in [-0.05, 0) is 48.9 Å². The molecule has 0 spiro atoms. The van der Waals surface area contributed by atoms with Crippen molar-refractivity contribution in [3.63, 3.8) is 0 Å². The monoisotopic (exact) mass is 328 g/mol. The maximum atomic E-state index is 11.8. The van der Waals surface area contributed by atoms with Crippen LogP contribution in [0.3, 0.4) is 0 Å². The molecule has 0 unspecified atom stereocenters. The molecular formula is C18H20N2O4. The Bertz CT molecular complexity index is 711. The third kappa shape index (κ3) is 4.74. The van der Waals surface area contributed by atoms with E-state index in [1.54, 1.807) is 26.4 Å². The van der Waals surface area contributed by atoms with Gasteiger partial charge < -0.3 is 14.2 Å². The van der Waals surface area contributed by atoms with E-state index in [-0.39, 0.29) is 12.5 Å². The lowest BCUT2D eigenvalue weighted by Gasteiger charge is -2.09. The standard InChI is InChI=1S/C18H20N2O4/c1-13(14-8-10-15(22-2)11-9-14)19-20-18(21)12-24-17-7-5-4-6-16(17)23-3/h4-11H,12H2,1-3H3,(H,20,21). The van der Waals surface area contributed by atoms with Crippen molar-refractivity contribution < 1.29 is 19.0 Å². The van der Waals surface area contributed by atoms with Gasteiger partial charge in [-0.2, -0.15) is 5.10 Å². The average Bonchev–Trinajstić information content (AvgIpc) is 2.64. The van der Waals surface area contributed by atoms with Crippen LogP contribution in [0, 0.1) is 0 Å². The fourth-order valence-electron chi connectivity index (χ4n) is 1.96. The molecule has 2 aromatic rings. The Kier molecular flexibility index (Phi) is 6.19. The zero-order valence-electron chi connectivity index (χ0n) is 13.9. The summed E-state index contributed by atoms with van der Waals surface area (Å²) in [6, 6.07) is 14.5. The predicted molar refractivity (Wildman–Crippen MR) is 91.8 cm³/mol. The topological polar surface area (TPSA) is 69.2 Å². The largest absolute Gasteiger partial charge is 0.497 e. The van der Waals surface area contributed by atoms with E-state index < -0.39 is 0 Å². The van der Waals surface area contributed by atoms with Crippen molar-refractivity contribution >= 4 is 11.6 Å². The molecule has 0 fully saturated rings. The fraction of sp³-hybridized carbons (Fsp3) is 0.222. The number of carbonyl (C=O) groups excluding carboxylic acids is 1. The zero-order valence-corrected chi connectivity index (χ0v) is 13.9. The van der Waals surface area contributed by atoms with Crippen LogP contribution in [0.1, 0.15) is 12.5 Å². The SMILES string of the molecule is COc1ccc(C(C)=NNC(=O)COc2ccccc2OC)cc1. The van der Waals surface area contributed by atoms with Crippen molar-refractivity contribution in [2.75, 3.05) is 20.8 Å². The van der Waals surface area contributed by atoms with Gasteiger partial charge in [0, 0.05) is 0 Å². The van der Waals surface area contributed by atoms with Crippen LogP contribution in [0.15, 0.2) is 53.6 Å². The minimum Gasteiger partial charge on any atom is -0.497 e. The third-order valence-corrected chi connectivity index (χ3v) is 3.28. The summed E-state index contributed by atoms with van der Waals surface area (Å²) >= 11 is 0. The molecule has 0 atom stereocenters. The maximum absolute atomic E-state index is 11.8. The summed E-state index contributed by atoms with van der Waals surface area (Å²) in [4.78, 5) is 11.8. The minimum atomic E-state index is -0.353. The highest BCUT2D eigenvalue weighted by molar-refractivity contribution is 5.99. The number of nitrogens with one attached hydrogen (secondary N) is 1. The van der Waals surface area contributed by atoms with Gasteiger partial charge in [-0.15, -0.1) is 0 Å². The van der Waals surface area contributed by atoms with Crippen molar-refractivity contribution in [1.29, 1.82) is 0 Å². The fourth-order valence-corrected chi connectivity index (χ4v) is 1.96. The second kappa shape index (κ2) is 8.57. The van der Waals surface area contributed by atoms with Gasteiger partial charge in [-0.3, -0.25) is 4.79 Å². The number of rotatable bonds is 7. The molecule has 2 aromatic carbocycles. The molecule has 6 nitrogen and oxygen atoms in total. The lowest BCUT2D eigenvalue weighted by molar-refractivity contribution is -0.123. The van der Waals surface area contributed by atoms with Crippen LogP contribution in [0.5, 0.6) is 17.2 Å². The molecule has 0 radical (unpaired) electrons. The predicted octanol–water partition coefficient (Wildman–Crippen LogP) is 2.62. The van der Waals surface area contributed by atoms with E-state index in [2.05, 4.69) is 10.5 Å². The molecular weight excluding hydrogens is 308 g/mol. The van der Waals surface area contributed by atoms with Crippen LogP contribution in [-0.4, -0.2) is 32.4 Å². The number of amides is 1. The molecule has 6 heteroatoms. The van der Waals surface area contributed by atoms with E-state index in [1.807, 2.05) is 43.3 Å². The van der Waals surface area contributed by atoms with E-state index in [0.717, 1.165) is 11.3 Å². The summed E-state index contributed by atoms with van der Waals surface area (Å²) in [5, 5.41) is 4.07. The van der Waals surface area contributed by atoms with Crippen molar-refractivity contribution in [3.05, 3.63) is 54.1 Å². The number of nitrogens with zero attached hydrogens (tertiary/aromatic N) is 1. The van der Waals surface area contributed by atoms with Gasteiger partial charge in [0.1, 0.15) is 5.75 Å². The Morgan fingerprint density at radius 2 is 1.67 bits per heavy atom. The van der Waals surface area contributed by atoms with Gasteiger partial charge in [0.05, 0.1) is 19.9 Å². The molecule has 0 saturated carbocycles. The third-order valence-electron chi connectivity index (χ3n) is 3.28. The number of benzene rings is 2. The number of para-hydroxylation sites is 2. The zero-order chi connectivity index (χ0) is 17.4. The van der Waals surface area contributed by atoms with Crippen LogP contribution in [-0.2, 0) is 4.79 Å². The normalized spacial score (nSPS) is 10.9. The molecule has 0 aliphatic carbocycles.